The fourth-order valence-corrected chi connectivity index (χ4v) is 2.15. The molecule has 1 atom stereocenters. The Kier molecular flexibility index (Phi) is 4.38. The summed E-state index contributed by atoms with van der Waals surface area (Å²) in [5.74, 6) is -1.03. The Balaban J connectivity index is 1.91. The van der Waals surface area contributed by atoms with Crippen LogP contribution in [0.2, 0.25) is 0 Å². The third-order valence-electron chi connectivity index (χ3n) is 3.22. The van der Waals surface area contributed by atoms with Gasteiger partial charge in [-0.05, 0) is 12.8 Å². The van der Waals surface area contributed by atoms with Crippen molar-refractivity contribution in [1.29, 1.82) is 0 Å². The molecule has 2 amide bonds. The van der Waals surface area contributed by atoms with Gasteiger partial charge in [-0.15, -0.1) is 0 Å². The highest BCUT2D eigenvalue weighted by atomic mass is 16.5. The van der Waals surface area contributed by atoms with E-state index < -0.39 is 12.0 Å². The zero-order chi connectivity index (χ0) is 13.0. The predicted molar refractivity (Wildman–Crippen MR) is 61.3 cm³/mol. The molecule has 0 aromatic heterocycles. The van der Waals surface area contributed by atoms with Gasteiger partial charge < -0.3 is 24.8 Å². The first kappa shape index (κ1) is 13.1. The molecule has 1 unspecified atom stereocenters. The van der Waals surface area contributed by atoms with Crippen LogP contribution in [0.4, 0.5) is 4.79 Å². The lowest BCUT2D eigenvalue weighted by Gasteiger charge is -2.34. The Morgan fingerprint density at radius 1 is 1.17 bits per heavy atom. The van der Waals surface area contributed by atoms with Gasteiger partial charge in [0.1, 0.15) is 0 Å². The first-order valence-corrected chi connectivity index (χ1v) is 6.14. The van der Waals surface area contributed by atoms with Crippen molar-refractivity contribution >= 4 is 12.0 Å². The Morgan fingerprint density at radius 2 is 1.89 bits per heavy atom. The summed E-state index contributed by atoms with van der Waals surface area (Å²) in [6, 6.07) is -1.14. The third kappa shape index (κ3) is 3.11. The molecule has 0 aromatic rings. The number of hydrogen-bond donors (Lipinski definition) is 2. The number of carboxylic acids is 1. The van der Waals surface area contributed by atoms with E-state index in [1.807, 2.05) is 0 Å². The van der Waals surface area contributed by atoms with Crippen LogP contribution in [0.1, 0.15) is 12.8 Å². The van der Waals surface area contributed by atoms with Gasteiger partial charge in [0.25, 0.3) is 0 Å². The number of nitrogens with one attached hydrogen (secondary N) is 1. The number of carbonyl (C=O) groups is 2. The average Bonchev–Trinajstić information content (AvgIpc) is 2.40. The molecule has 0 aliphatic carbocycles. The summed E-state index contributed by atoms with van der Waals surface area (Å²) < 4.78 is 10.3. The smallest absolute Gasteiger partial charge is 0.328 e. The molecule has 2 aliphatic rings. The van der Waals surface area contributed by atoms with Crippen LogP contribution in [0.25, 0.3) is 0 Å². The van der Waals surface area contributed by atoms with Crippen LogP contribution in [-0.4, -0.2) is 67.1 Å². The van der Waals surface area contributed by atoms with E-state index in [2.05, 4.69) is 5.32 Å². The molecule has 2 N–H and O–H groups in total. The van der Waals surface area contributed by atoms with E-state index in [0.29, 0.717) is 26.4 Å². The summed E-state index contributed by atoms with van der Waals surface area (Å²) in [5.41, 5.74) is 0. The molecule has 0 saturated carbocycles. The van der Waals surface area contributed by atoms with Crippen LogP contribution in [0.15, 0.2) is 0 Å². The molecule has 2 saturated heterocycles. The van der Waals surface area contributed by atoms with Gasteiger partial charge in [0.2, 0.25) is 0 Å². The normalized spacial score (nSPS) is 25.8. The van der Waals surface area contributed by atoms with E-state index in [-0.39, 0.29) is 18.7 Å². The van der Waals surface area contributed by atoms with E-state index in [4.69, 9.17) is 14.6 Å². The SMILES string of the molecule is O=C(O)C1COCCN1C(=O)NC1CCOCC1. The quantitative estimate of drug-likeness (QED) is 0.707. The van der Waals surface area contributed by atoms with E-state index in [0.717, 1.165) is 12.8 Å². The molecule has 0 spiro atoms. The van der Waals surface area contributed by atoms with Crippen LogP contribution in [0.3, 0.4) is 0 Å². The molecule has 2 rings (SSSR count). The number of urea groups is 1. The molecule has 102 valence electrons. The second-order valence-corrected chi connectivity index (χ2v) is 4.46. The average molecular weight is 258 g/mol. The van der Waals surface area contributed by atoms with Crippen LogP contribution in [0, 0.1) is 0 Å². The first-order valence-electron chi connectivity index (χ1n) is 6.14. The first-order chi connectivity index (χ1) is 8.68. The van der Waals surface area contributed by atoms with Gasteiger partial charge in [0.05, 0.1) is 13.2 Å². The predicted octanol–water partition coefficient (Wildman–Crippen LogP) is -0.340. The van der Waals surface area contributed by atoms with E-state index >= 15 is 0 Å². The van der Waals surface area contributed by atoms with Gasteiger partial charge in [0, 0.05) is 25.8 Å². The topological polar surface area (TPSA) is 88.1 Å². The molecule has 2 heterocycles. The standard InChI is InChI=1S/C11H18N2O5/c14-10(15)9-7-18-6-3-13(9)11(16)12-8-1-4-17-5-2-8/h8-9H,1-7H2,(H,12,16)(H,14,15). The minimum Gasteiger partial charge on any atom is -0.480 e. The van der Waals surface area contributed by atoms with E-state index in [9.17, 15) is 9.59 Å². The molecule has 18 heavy (non-hydrogen) atoms. The summed E-state index contributed by atoms with van der Waals surface area (Å²) in [5, 5.41) is 11.9. The maximum atomic E-state index is 12.0. The van der Waals surface area contributed by atoms with Gasteiger partial charge in [-0.2, -0.15) is 0 Å². The lowest BCUT2D eigenvalue weighted by atomic mass is 10.1. The minimum absolute atomic E-state index is 0.0521. The summed E-state index contributed by atoms with van der Waals surface area (Å²) in [4.78, 5) is 24.4. The number of carbonyl (C=O) groups excluding carboxylic acids is 1. The van der Waals surface area contributed by atoms with Gasteiger partial charge in [-0.1, -0.05) is 0 Å². The summed E-state index contributed by atoms with van der Waals surface area (Å²) >= 11 is 0. The molecule has 0 bridgehead atoms. The highest BCUT2D eigenvalue weighted by Crippen LogP contribution is 2.11. The molecule has 0 radical (unpaired) electrons. The Labute approximate surface area is 105 Å². The number of hydrogen-bond acceptors (Lipinski definition) is 4. The Morgan fingerprint density at radius 3 is 2.56 bits per heavy atom. The van der Waals surface area contributed by atoms with Crippen molar-refractivity contribution in [3.8, 4) is 0 Å². The Bertz CT molecular complexity index is 317. The third-order valence-corrected chi connectivity index (χ3v) is 3.22. The van der Waals surface area contributed by atoms with Crippen molar-refractivity contribution in [3.63, 3.8) is 0 Å². The molecule has 7 nitrogen and oxygen atoms in total. The fourth-order valence-electron chi connectivity index (χ4n) is 2.15. The van der Waals surface area contributed by atoms with Crippen molar-refractivity contribution in [3.05, 3.63) is 0 Å². The summed E-state index contributed by atoms with van der Waals surface area (Å²) in [7, 11) is 0. The van der Waals surface area contributed by atoms with Crippen molar-refractivity contribution in [1.82, 2.24) is 10.2 Å². The van der Waals surface area contributed by atoms with Crippen LogP contribution in [-0.2, 0) is 14.3 Å². The number of nitrogens with zero attached hydrogens (tertiary/aromatic N) is 1. The van der Waals surface area contributed by atoms with Crippen molar-refractivity contribution in [2.24, 2.45) is 0 Å². The highest BCUT2D eigenvalue weighted by molar-refractivity contribution is 5.83. The second kappa shape index (κ2) is 6.01. The molecule has 2 aliphatic heterocycles. The van der Waals surface area contributed by atoms with E-state index in [1.54, 1.807) is 0 Å². The highest BCUT2D eigenvalue weighted by Gasteiger charge is 2.33. The van der Waals surface area contributed by atoms with Crippen LogP contribution < -0.4 is 5.32 Å². The van der Waals surface area contributed by atoms with Gasteiger partial charge in [0.15, 0.2) is 6.04 Å². The lowest BCUT2D eigenvalue weighted by molar-refractivity contribution is -0.147. The second-order valence-electron chi connectivity index (χ2n) is 4.46. The zero-order valence-electron chi connectivity index (χ0n) is 10.1. The Hall–Kier alpha value is -1.34. The van der Waals surface area contributed by atoms with Crippen molar-refractivity contribution in [2.45, 2.75) is 24.9 Å². The molecule has 7 heteroatoms. The van der Waals surface area contributed by atoms with Crippen molar-refractivity contribution in [2.75, 3.05) is 33.0 Å². The molecule has 0 aromatic carbocycles. The monoisotopic (exact) mass is 258 g/mol. The maximum absolute atomic E-state index is 12.0. The number of morpholine rings is 1. The fraction of sp³-hybridized carbons (Fsp3) is 0.818. The number of rotatable bonds is 2. The number of ether oxygens (including phenoxy) is 2. The molecular formula is C11H18N2O5. The summed E-state index contributed by atoms with van der Waals surface area (Å²) in [6.07, 6.45) is 1.54. The van der Waals surface area contributed by atoms with Crippen molar-refractivity contribution < 1.29 is 24.2 Å². The zero-order valence-corrected chi connectivity index (χ0v) is 10.1. The lowest BCUT2D eigenvalue weighted by Crippen LogP contribution is -2.57. The number of carboxylic acid groups (broad SMARTS) is 1. The summed E-state index contributed by atoms with van der Waals surface area (Å²) in [6.45, 7) is 2.01. The van der Waals surface area contributed by atoms with E-state index in [1.165, 1.54) is 4.90 Å². The number of aliphatic carboxylic acids is 1. The molecular weight excluding hydrogens is 240 g/mol. The van der Waals surface area contributed by atoms with Gasteiger partial charge >= 0.3 is 12.0 Å². The van der Waals surface area contributed by atoms with Gasteiger partial charge in [-0.3, -0.25) is 0 Å². The maximum Gasteiger partial charge on any atom is 0.328 e. The van der Waals surface area contributed by atoms with Crippen LogP contribution in [0.5, 0.6) is 0 Å². The molecule has 2 fully saturated rings. The number of amides is 2. The van der Waals surface area contributed by atoms with Crippen LogP contribution >= 0.6 is 0 Å². The van der Waals surface area contributed by atoms with Gasteiger partial charge in [-0.25, -0.2) is 9.59 Å². The minimum atomic E-state index is -1.03. The largest absolute Gasteiger partial charge is 0.480 e.